The first kappa shape index (κ1) is 21.0. The minimum atomic E-state index is -3.17. The summed E-state index contributed by atoms with van der Waals surface area (Å²) in [6.07, 6.45) is 3.28. The lowest BCUT2D eigenvalue weighted by molar-refractivity contribution is 0.322. The van der Waals surface area contributed by atoms with Crippen molar-refractivity contribution in [2.75, 3.05) is 26.0 Å². The summed E-state index contributed by atoms with van der Waals surface area (Å²) < 4.78 is 28.1. The Bertz CT molecular complexity index is 559. The summed E-state index contributed by atoms with van der Waals surface area (Å²) in [6.45, 7) is 3.78. The van der Waals surface area contributed by atoms with E-state index in [2.05, 4.69) is 17.2 Å². The van der Waals surface area contributed by atoms with Crippen LogP contribution in [-0.2, 0) is 9.84 Å². The van der Waals surface area contributed by atoms with Gasteiger partial charge in [-0.2, -0.15) is 0 Å². The van der Waals surface area contributed by atoms with Gasteiger partial charge in [-0.15, -0.1) is 24.0 Å². The monoisotopic (exact) mass is 441 g/mol. The number of nitrogens with zero attached hydrogens (tertiary/aromatic N) is 1. The second-order valence-electron chi connectivity index (χ2n) is 4.64. The predicted molar refractivity (Wildman–Crippen MR) is 99.9 cm³/mol. The van der Waals surface area contributed by atoms with E-state index in [1.807, 2.05) is 0 Å². The van der Waals surface area contributed by atoms with Crippen molar-refractivity contribution in [3.05, 3.63) is 24.3 Å². The number of ether oxygens (including phenoxy) is 1. The Balaban J connectivity index is 0.00000441. The first-order chi connectivity index (χ1) is 9.93. The zero-order valence-corrected chi connectivity index (χ0v) is 16.1. The molecule has 0 saturated carbocycles. The molecule has 1 rings (SSSR count). The van der Waals surface area contributed by atoms with Crippen LogP contribution in [0.3, 0.4) is 0 Å². The Labute approximate surface area is 149 Å². The molecule has 0 saturated heterocycles. The van der Waals surface area contributed by atoms with E-state index in [-0.39, 0.29) is 28.9 Å². The highest BCUT2D eigenvalue weighted by atomic mass is 127. The third kappa shape index (κ3) is 8.42. The second-order valence-corrected chi connectivity index (χ2v) is 6.66. The van der Waals surface area contributed by atoms with Crippen LogP contribution in [0, 0.1) is 0 Å². The van der Waals surface area contributed by atoms with Crippen LogP contribution in [0.1, 0.15) is 19.8 Å². The molecule has 0 spiro atoms. The molecule has 22 heavy (non-hydrogen) atoms. The summed E-state index contributed by atoms with van der Waals surface area (Å²) in [5.41, 5.74) is 5.68. The van der Waals surface area contributed by atoms with Gasteiger partial charge in [-0.05, 0) is 30.7 Å². The van der Waals surface area contributed by atoms with Crippen molar-refractivity contribution in [1.29, 1.82) is 0 Å². The van der Waals surface area contributed by atoms with Gasteiger partial charge in [0.05, 0.1) is 11.4 Å². The average Bonchev–Trinajstić information content (AvgIpc) is 2.43. The van der Waals surface area contributed by atoms with Gasteiger partial charge in [-0.25, -0.2) is 8.42 Å². The lowest BCUT2D eigenvalue weighted by Crippen LogP contribution is -2.34. The molecular formula is C14H24IN3O3S. The molecule has 0 aliphatic heterocycles. The first-order valence-electron chi connectivity index (χ1n) is 6.90. The van der Waals surface area contributed by atoms with E-state index in [1.54, 1.807) is 12.1 Å². The Morgan fingerprint density at radius 3 is 2.50 bits per heavy atom. The molecule has 0 atom stereocenters. The van der Waals surface area contributed by atoms with Crippen molar-refractivity contribution in [2.24, 2.45) is 10.7 Å². The second kappa shape index (κ2) is 10.7. The quantitative estimate of drug-likeness (QED) is 0.278. The molecule has 0 amide bonds. The highest BCUT2D eigenvalue weighted by Gasteiger charge is 2.06. The Kier molecular flexibility index (Phi) is 10.2. The molecule has 3 N–H and O–H groups in total. The Hall–Kier alpha value is -1.03. The highest BCUT2D eigenvalue weighted by Crippen LogP contribution is 2.15. The molecule has 0 aromatic heterocycles. The minimum absolute atomic E-state index is 0. The normalized spacial score (nSPS) is 11.6. The molecule has 8 heteroatoms. The molecule has 0 unspecified atom stereocenters. The number of benzene rings is 1. The molecule has 0 bridgehead atoms. The number of hydrogen-bond donors (Lipinski definition) is 2. The maximum Gasteiger partial charge on any atom is 0.188 e. The SMILES string of the molecule is CCCCN=C(N)NCCOc1ccc(S(C)(=O)=O)cc1.I. The molecule has 0 aliphatic carbocycles. The van der Waals surface area contributed by atoms with Crippen molar-refractivity contribution in [1.82, 2.24) is 5.32 Å². The zero-order chi connectivity index (χ0) is 15.7. The number of sulfone groups is 1. The molecule has 0 aliphatic rings. The molecular weight excluding hydrogens is 417 g/mol. The van der Waals surface area contributed by atoms with Gasteiger partial charge in [-0.1, -0.05) is 13.3 Å². The summed E-state index contributed by atoms with van der Waals surface area (Å²) in [7, 11) is -3.17. The number of guanidine groups is 1. The molecule has 1 aromatic carbocycles. The van der Waals surface area contributed by atoms with Gasteiger partial charge in [0.25, 0.3) is 0 Å². The Morgan fingerprint density at radius 1 is 1.32 bits per heavy atom. The number of nitrogens with two attached hydrogens (primary N) is 1. The summed E-state index contributed by atoms with van der Waals surface area (Å²) in [6, 6.07) is 6.32. The van der Waals surface area contributed by atoms with Crippen LogP contribution in [0.4, 0.5) is 0 Å². The van der Waals surface area contributed by atoms with Crippen LogP contribution in [-0.4, -0.2) is 40.3 Å². The smallest absolute Gasteiger partial charge is 0.188 e. The van der Waals surface area contributed by atoms with Gasteiger partial charge in [0.1, 0.15) is 12.4 Å². The van der Waals surface area contributed by atoms with Gasteiger partial charge >= 0.3 is 0 Å². The van der Waals surface area contributed by atoms with Crippen molar-refractivity contribution in [3.63, 3.8) is 0 Å². The summed E-state index contributed by atoms with van der Waals surface area (Å²) in [4.78, 5) is 4.44. The van der Waals surface area contributed by atoms with Crippen molar-refractivity contribution < 1.29 is 13.2 Å². The van der Waals surface area contributed by atoms with Crippen LogP contribution in [0.5, 0.6) is 5.75 Å². The summed E-state index contributed by atoms with van der Waals surface area (Å²) in [5, 5.41) is 2.95. The molecule has 0 fully saturated rings. The van der Waals surface area contributed by atoms with Crippen LogP contribution < -0.4 is 15.8 Å². The van der Waals surface area contributed by atoms with Crippen LogP contribution in [0.25, 0.3) is 0 Å². The summed E-state index contributed by atoms with van der Waals surface area (Å²) in [5.74, 6) is 1.03. The fraction of sp³-hybridized carbons (Fsp3) is 0.500. The molecule has 0 radical (unpaired) electrons. The van der Waals surface area contributed by atoms with Gasteiger partial charge in [0, 0.05) is 12.8 Å². The van der Waals surface area contributed by atoms with E-state index in [1.165, 1.54) is 18.4 Å². The number of hydrogen-bond acceptors (Lipinski definition) is 4. The fourth-order valence-corrected chi connectivity index (χ4v) is 2.18. The van der Waals surface area contributed by atoms with E-state index in [9.17, 15) is 8.42 Å². The third-order valence-electron chi connectivity index (χ3n) is 2.72. The molecule has 6 nitrogen and oxygen atoms in total. The highest BCUT2D eigenvalue weighted by molar-refractivity contribution is 14.0. The van der Waals surface area contributed by atoms with E-state index >= 15 is 0 Å². The van der Waals surface area contributed by atoms with Crippen LogP contribution >= 0.6 is 24.0 Å². The minimum Gasteiger partial charge on any atom is -0.492 e. The third-order valence-corrected chi connectivity index (χ3v) is 3.85. The first-order valence-corrected chi connectivity index (χ1v) is 8.79. The average molecular weight is 441 g/mol. The number of nitrogens with one attached hydrogen (secondary N) is 1. The molecule has 1 aromatic rings. The van der Waals surface area contributed by atoms with Crippen molar-refractivity contribution in [3.8, 4) is 5.75 Å². The largest absolute Gasteiger partial charge is 0.492 e. The lowest BCUT2D eigenvalue weighted by Gasteiger charge is -2.08. The van der Waals surface area contributed by atoms with Crippen molar-refractivity contribution in [2.45, 2.75) is 24.7 Å². The number of aliphatic imine (C=N–C) groups is 1. The molecule has 0 heterocycles. The van der Waals surface area contributed by atoms with Gasteiger partial charge in [0.15, 0.2) is 15.8 Å². The van der Waals surface area contributed by atoms with E-state index < -0.39 is 9.84 Å². The van der Waals surface area contributed by atoms with E-state index in [4.69, 9.17) is 10.5 Å². The van der Waals surface area contributed by atoms with E-state index in [0.717, 1.165) is 19.4 Å². The van der Waals surface area contributed by atoms with E-state index in [0.29, 0.717) is 24.9 Å². The van der Waals surface area contributed by atoms with Gasteiger partial charge in [0.2, 0.25) is 0 Å². The van der Waals surface area contributed by atoms with Gasteiger partial charge < -0.3 is 15.8 Å². The number of unbranched alkanes of at least 4 members (excludes halogenated alkanes) is 1. The fourth-order valence-electron chi connectivity index (χ4n) is 1.54. The molecule has 126 valence electrons. The topological polar surface area (TPSA) is 93.8 Å². The number of rotatable bonds is 8. The zero-order valence-electron chi connectivity index (χ0n) is 12.9. The standard InChI is InChI=1S/C14H23N3O3S.HI/c1-3-4-9-16-14(15)17-10-11-20-12-5-7-13(8-6-12)21(2,18)19;/h5-8H,3-4,9-11H2,1-2H3,(H3,15,16,17);1H. The van der Waals surface area contributed by atoms with Crippen LogP contribution in [0.15, 0.2) is 34.2 Å². The maximum absolute atomic E-state index is 11.3. The maximum atomic E-state index is 11.3. The van der Waals surface area contributed by atoms with Crippen LogP contribution in [0.2, 0.25) is 0 Å². The Morgan fingerprint density at radius 2 is 1.95 bits per heavy atom. The van der Waals surface area contributed by atoms with Gasteiger partial charge in [-0.3, -0.25) is 4.99 Å². The van der Waals surface area contributed by atoms with Crippen molar-refractivity contribution >= 4 is 39.8 Å². The number of halogens is 1. The lowest BCUT2D eigenvalue weighted by atomic mass is 10.3. The summed E-state index contributed by atoms with van der Waals surface area (Å²) >= 11 is 0. The predicted octanol–water partition coefficient (Wildman–Crippen LogP) is 1.79.